The number of rotatable bonds is 7. The molecule has 0 atom stereocenters. The van der Waals surface area contributed by atoms with Gasteiger partial charge in [-0.1, -0.05) is 36.4 Å². The van der Waals surface area contributed by atoms with Crippen molar-refractivity contribution >= 4 is 44.8 Å². The van der Waals surface area contributed by atoms with Gasteiger partial charge in [-0.15, -0.1) is 11.3 Å². The Morgan fingerprint density at radius 2 is 1.81 bits per heavy atom. The molecule has 3 aromatic rings. The number of anilines is 2. The van der Waals surface area contributed by atoms with E-state index in [2.05, 4.69) is 19.8 Å². The second kappa shape index (κ2) is 9.94. The van der Waals surface area contributed by atoms with Gasteiger partial charge in [0.15, 0.2) is 0 Å². The largest absolute Gasteiger partial charge is 0.857 e. The summed E-state index contributed by atoms with van der Waals surface area (Å²) >= 11 is 1.09. The van der Waals surface area contributed by atoms with Crippen molar-refractivity contribution in [1.82, 2.24) is 0 Å². The molecular formula is C22H21N4O4S2-. The van der Waals surface area contributed by atoms with Crippen LogP contribution in [0.4, 0.5) is 11.4 Å². The van der Waals surface area contributed by atoms with Crippen LogP contribution < -0.4 is 14.7 Å². The molecule has 0 bridgehead atoms. The molecular weight excluding hydrogens is 448 g/mol. The Balaban J connectivity index is 1.47. The highest BCUT2D eigenvalue weighted by Crippen LogP contribution is 2.23. The van der Waals surface area contributed by atoms with Gasteiger partial charge < -0.3 is 14.7 Å². The van der Waals surface area contributed by atoms with Crippen LogP contribution in [0.1, 0.15) is 11.1 Å². The summed E-state index contributed by atoms with van der Waals surface area (Å²) in [4.78, 5) is 2.24. The zero-order valence-corrected chi connectivity index (χ0v) is 18.7. The van der Waals surface area contributed by atoms with Gasteiger partial charge >= 0.3 is 0 Å². The molecule has 1 N–H and O–H groups in total. The molecule has 1 saturated heterocycles. The molecule has 0 unspecified atom stereocenters. The first-order chi connectivity index (χ1) is 15.5. The van der Waals surface area contributed by atoms with Crippen molar-refractivity contribution in [2.75, 3.05) is 35.9 Å². The summed E-state index contributed by atoms with van der Waals surface area (Å²) < 4.78 is 33.0. The number of hydrogen-bond donors (Lipinski definition) is 1. The molecule has 0 spiro atoms. The zero-order valence-electron chi connectivity index (χ0n) is 17.0. The van der Waals surface area contributed by atoms with E-state index in [0.29, 0.717) is 0 Å². The molecule has 8 nitrogen and oxygen atoms in total. The maximum atomic E-state index is 12.6. The summed E-state index contributed by atoms with van der Waals surface area (Å²) in [6.45, 7) is 3.14. The number of morpholine rings is 1. The van der Waals surface area contributed by atoms with E-state index in [-0.39, 0.29) is 15.5 Å². The van der Waals surface area contributed by atoms with E-state index in [1.54, 1.807) is 23.6 Å². The second-order valence-electron chi connectivity index (χ2n) is 6.92. The molecule has 32 heavy (non-hydrogen) atoms. The number of nitrogens with one attached hydrogen (secondary N) is 1. The number of nitrogens with zero attached hydrogens (tertiary/aromatic N) is 3. The van der Waals surface area contributed by atoms with E-state index in [1.807, 2.05) is 24.3 Å². The van der Waals surface area contributed by atoms with Gasteiger partial charge in [0.25, 0.3) is 10.0 Å². The van der Waals surface area contributed by atoms with Gasteiger partial charge in [0.2, 0.25) is 0 Å². The Hall–Kier alpha value is -3.21. The third-order valence-electron chi connectivity index (χ3n) is 4.79. The highest BCUT2D eigenvalue weighted by atomic mass is 32.2. The van der Waals surface area contributed by atoms with Crippen molar-refractivity contribution in [2.24, 2.45) is 10.2 Å². The van der Waals surface area contributed by atoms with Crippen LogP contribution in [0.2, 0.25) is 0 Å². The van der Waals surface area contributed by atoms with E-state index in [9.17, 15) is 13.5 Å². The quantitative estimate of drug-likeness (QED) is 0.325. The Morgan fingerprint density at radius 1 is 1.06 bits per heavy atom. The van der Waals surface area contributed by atoms with Crippen molar-refractivity contribution in [3.05, 3.63) is 77.2 Å². The Labute approximate surface area is 190 Å². The van der Waals surface area contributed by atoms with E-state index in [1.165, 1.54) is 24.4 Å². The van der Waals surface area contributed by atoms with Crippen LogP contribution in [0, 0.1) is 0 Å². The van der Waals surface area contributed by atoms with Crippen molar-refractivity contribution in [2.45, 2.75) is 4.21 Å². The Kier molecular flexibility index (Phi) is 6.84. The molecule has 1 fully saturated rings. The summed E-state index contributed by atoms with van der Waals surface area (Å²) in [6, 6.07) is 17.2. The van der Waals surface area contributed by atoms with Crippen LogP contribution in [0.3, 0.4) is 0 Å². The molecule has 4 rings (SSSR count). The Morgan fingerprint density at radius 3 is 2.53 bits per heavy atom. The van der Waals surface area contributed by atoms with Crippen molar-refractivity contribution in [3.63, 3.8) is 0 Å². The fourth-order valence-electron chi connectivity index (χ4n) is 3.16. The van der Waals surface area contributed by atoms with E-state index < -0.39 is 15.9 Å². The summed E-state index contributed by atoms with van der Waals surface area (Å²) in [5.74, 6) is -0.643. The average molecular weight is 470 g/mol. The molecule has 1 aliphatic rings. The van der Waals surface area contributed by atoms with Gasteiger partial charge in [-0.25, -0.2) is 8.42 Å². The van der Waals surface area contributed by atoms with E-state index in [0.717, 1.165) is 48.9 Å². The topological polar surface area (TPSA) is 106 Å². The van der Waals surface area contributed by atoms with Gasteiger partial charge in [0.05, 0.1) is 25.1 Å². The predicted octanol–water partition coefficient (Wildman–Crippen LogP) is 2.53. The summed E-state index contributed by atoms with van der Waals surface area (Å²) in [5, 5.41) is 21.8. The van der Waals surface area contributed by atoms with E-state index in [4.69, 9.17) is 4.74 Å². The standard InChI is InChI=1S/C22H22N4O4S2/c27-22(19-4-1-2-5-20(19)25-32(28,29)21-6-3-15-31-21)24-23-16-17-7-9-18(10-8-17)26-11-13-30-14-12-26/h1-10,15-16,25H,11-14H2,(H,24,27)/p-1/b23-16-. The molecule has 2 aromatic carbocycles. The molecule has 1 aromatic heterocycles. The van der Waals surface area contributed by atoms with Gasteiger partial charge in [-0.2, -0.15) is 10.2 Å². The number of thiophene rings is 1. The molecule has 1 aliphatic heterocycles. The SMILES string of the molecule is O=S(=O)(Nc1ccccc1C([O-])=N/N=C\c1ccc(N2CCOCC2)cc1)c1cccs1. The van der Waals surface area contributed by atoms with Gasteiger partial charge in [0.1, 0.15) is 4.21 Å². The summed E-state index contributed by atoms with van der Waals surface area (Å²) in [5.41, 5.74) is 2.17. The van der Waals surface area contributed by atoms with Gasteiger partial charge in [-0.3, -0.25) is 4.72 Å². The third kappa shape index (κ3) is 5.34. The van der Waals surface area contributed by atoms with Crippen LogP contribution >= 0.6 is 11.3 Å². The van der Waals surface area contributed by atoms with Gasteiger partial charge in [0, 0.05) is 30.2 Å². The van der Waals surface area contributed by atoms with Crippen molar-refractivity contribution in [3.8, 4) is 0 Å². The van der Waals surface area contributed by atoms with Crippen LogP contribution in [0.25, 0.3) is 0 Å². The lowest BCUT2D eigenvalue weighted by molar-refractivity contribution is -0.213. The molecule has 2 heterocycles. The lowest BCUT2D eigenvalue weighted by atomic mass is 10.2. The molecule has 0 saturated carbocycles. The highest BCUT2D eigenvalue weighted by molar-refractivity contribution is 7.94. The lowest BCUT2D eigenvalue weighted by Gasteiger charge is -2.28. The number of sulfonamides is 1. The smallest absolute Gasteiger partial charge is 0.271 e. The number of para-hydroxylation sites is 1. The van der Waals surface area contributed by atoms with Crippen LogP contribution in [-0.4, -0.2) is 46.8 Å². The van der Waals surface area contributed by atoms with Crippen LogP contribution in [-0.2, 0) is 14.8 Å². The van der Waals surface area contributed by atoms with Gasteiger partial charge in [-0.05, 0) is 35.2 Å². The number of benzene rings is 2. The molecule has 166 valence electrons. The average Bonchev–Trinajstić information content (AvgIpc) is 3.36. The fraction of sp³-hybridized carbons (Fsp3) is 0.182. The zero-order chi connectivity index (χ0) is 22.4. The summed E-state index contributed by atoms with van der Waals surface area (Å²) in [6.07, 6.45) is 1.49. The van der Waals surface area contributed by atoms with Crippen molar-refractivity contribution < 1.29 is 18.3 Å². The first kappa shape index (κ1) is 22.0. The monoisotopic (exact) mass is 469 g/mol. The first-order valence-corrected chi connectivity index (χ1v) is 12.3. The normalized spacial score (nSPS) is 15.2. The van der Waals surface area contributed by atoms with Crippen LogP contribution in [0.15, 0.2) is 80.5 Å². The minimum absolute atomic E-state index is 0.118. The molecule has 10 heteroatoms. The maximum Gasteiger partial charge on any atom is 0.271 e. The summed E-state index contributed by atoms with van der Waals surface area (Å²) in [7, 11) is -3.78. The predicted molar refractivity (Wildman–Crippen MR) is 125 cm³/mol. The van der Waals surface area contributed by atoms with E-state index >= 15 is 0 Å². The first-order valence-electron chi connectivity index (χ1n) is 9.89. The minimum Gasteiger partial charge on any atom is -0.857 e. The van der Waals surface area contributed by atoms with Crippen molar-refractivity contribution in [1.29, 1.82) is 0 Å². The van der Waals surface area contributed by atoms with Crippen LogP contribution in [0.5, 0.6) is 0 Å². The number of hydrogen-bond acceptors (Lipinski definition) is 8. The maximum absolute atomic E-state index is 12.6. The Bertz CT molecular complexity index is 1200. The fourth-order valence-corrected chi connectivity index (χ4v) is 5.24. The highest BCUT2D eigenvalue weighted by Gasteiger charge is 2.17. The molecule has 0 aliphatic carbocycles. The lowest BCUT2D eigenvalue weighted by Crippen LogP contribution is -2.36. The molecule has 0 amide bonds. The minimum atomic E-state index is -3.78. The number of ether oxygens (including phenoxy) is 1. The second-order valence-corrected chi connectivity index (χ2v) is 9.78. The molecule has 0 radical (unpaired) electrons. The third-order valence-corrected chi connectivity index (χ3v) is 7.55.